The van der Waals surface area contributed by atoms with Crippen molar-refractivity contribution in [2.24, 2.45) is 0 Å². The Kier molecular flexibility index (Phi) is 1.51. The lowest BCUT2D eigenvalue weighted by Gasteiger charge is -2.17. The largest absolute Gasteiger partial charge is 0.506 e. The van der Waals surface area contributed by atoms with Gasteiger partial charge in [0.15, 0.2) is 5.06 Å². The predicted octanol–water partition coefficient (Wildman–Crippen LogP) is 1.97. The van der Waals surface area contributed by atoms with E-state index in [2.05, 4.69) is 5.32 Å². The fourth-order valence-corrected chi connectivity index (χ4v) is 2.19. The van der Waals surface area contributed by atoms with Gasteiger partial charge < -0.3 is 15.5 Å². The third-order valence-electron chi connectivity index (χ3n) is 1.89. The number of fused-ring (bicyclic) bond motifs is 1. The highest BCUT2D eigenvalue weighted by atomic mass is 32.1. The first-order valence-electron chi connectivity index (χ1n) is 3.66. The van der Waals surface area contributed by atoms with Gasteiger partial charge in [-0.1, -0.05) is 0 Å². The van der Waals surface area contributed by atoms with Crippen LogP contribution in [0, 0.1) is 0 Å². The van der Waals surface area contributed by atoms with Crippen LogP contribution in [-0.2, 0) is 0 Å². The van der Waals surface area contributed by atoms with Crippen LogP contribution in [-0.4, -0.2) is 10.2 Å². The maximum Gasteiger partial charge on any atom is 0.172 e. The molecule has 0 bridgehead atoms. The van der Waals surface area contributed by atoms with Crippen LogP contribution >= 0.6 is 11.3 Å². The quantitative estimate of drug-likeness (QED) is 0.576. The average molecular weight is 183 g/mol. The first-order valence-corrected chi connectivity index (χ1v) is 4.48. The average Bonchev–Trinajstić information content (AvgIpc) is 2.41. The van der Waals surface area contributed by atoms with Gasteiger partial charge in [-0.15, -0.1) is 11.3 Å². The van der Waals surface area contributed by atoms with Crippen molar-refractivity contribution in [2.75, 3.05) is 0 Å². The third-order valence-corrected chi connectivity index (χ3v) is 3.01. The van der Waals surface area contributed by atoms with E-state index in [1.165, 1.54) is 11.3 Å². The summed E-state index contributed by atoms with van der Waals surface area (Å²) < 4.78 is 0. The van der Waals surface area contributed by atoms with E-state index in [4.69, 9.17) is 0 Å². The Morgan fingerprint density at radius 1 is 1.50 bits per heavy atom. The van der Waals surface area contributed by atoms with Crippen LogP contribution in [0.15, 0.2) is 12.3 Å². The molecule has 0 saturated carbocycles. The summed E-state index contributed by atoms with van der Waals surface area (Å²) in [6, 6.07) is 1.75. The van der Waals surface area contributed by atoms with E-state index < -0.39 is 0 Å². The van der Waals surface area contributed by atoms with Crippen molar-refractivity contribution >= 4 is 17.1 Å². The number of hydrogen-bond donors (Lipinski definition) is 3. The molecule has 64 valence electrons. The molecule has 1 atom stereocenters. The highest BCUT2D eigenvalue weighted by molar-refractivity contribution is 7.14. The van der Waals surface area contributed by atoms with E-state index in [1.54, 1.807) is 12.3 Å². The van der Waals surface area contributed by atoms with Crippen molar-refractivity contribution in [3.05, 3.63) is 22.7 Å². The maximum absolute atomic E-state index is 9.39. The van der Waals surface area contributed by atoms with Gasteiger partial charge in [0.05, 0.1) is 6.04 Å². The smallest absolute Gasteiger partial charge is 0.172 e. The highest BCUT2D eigenvalue weighted by Gasteiger charge is 2.20. The predicted molar refractivity (Wildman–Crippen MR) is 48.1 cm³/mol. The minimum absolute atomic E-state index is 0.168. The molecule has 3 nitrogen and oxygen atoms in total. The zero-order valence-electron chi connectivity index (χ0n) is 6.53. The van der Waals surface area contributed by atoms with E-state index in [9.17, 15) is 10.2 Å². The maximum atomic E-state index is 9.39. The number of aliphatic hydroxyl groups excluding tert-OH is 1. The summed E-state index contributed by atoms with van der Waals surface area (Å²) in [7, 11) is 0. The molecule has 0 spiro atoms. The lowest BCUT2D eigenvalue weighted by molar-refractivity contribution is 0.486. The van der Waals surface area contributed by atoms with E-state index in [-0.39, 0.29) is 16.9 Å². The molecule has 1 aliphatic heterocycles. The Balaban J connectivity index is 2.57. The molecule has 2 heterocycles. The molecule has 3 N–H and O–H groups in total. The highest BCUT2D eigenvalue weighted by Crippen LogP contribution is 2.37. The van der Waals surface area contributed by atoms with Crippen molar-refractivity contribution in [3.63, 3.8) is 0 Å². The van der Waals surface area contributed by atoms with Gasteiger partial charge in [-0.2, -0.15) is 0 Å². The molecular formula is C8H9NO2S. The summed E-state index contributed by atoms with van der Waals surface area (Å²) >= 11 is 1.29. The molecule has 0 aliphatic carbocycles. The van der Waals surface area contributed by atoms with Gasteiger partial charge in [0.2, 0.25) is 0 Å². The number of aromatic hydroxyl groups is 1. The third kappa shape index (κ3) is 0.956. The van der Waals surface area contributed by atoms with E-state index in [1.807, 2.05) is 6.92 Å². The molecule has 0 fully saturated rings. The van der Waals surface area contributed by atoms with Gasteiger partial charge in [0.25, 0.3) is 0 Å². The first kappa shape index (κ1) is 7.49. The van der Waals surface area contributed by atoms with Crippen molar-refractivity contribution in [3.8, 4) is 5.06 Å². The zero-order valence-corrected chi connectivity index (χ0v) is 7.35. The van der Waals surface area contributed by atoms with Gasteiger partial charge in [-0.25, -0.2) is 0 Å². The standard InChI is InChI=1S/C8H9NO2S/c1-4-8-5(2-7(11)12-8)6(10)3-9-4/h2-4,9-11H,1H3. The molecule has 4 heteroatoms. The number of hydrogen-bond acceptors (Lipinski definition) is 4. The first-order chi connectivity index (χ1) is 5.68. The van der Waals surface area contributed by atoms with Gasteiger partial charge in [0.1, 0.15) is 5.76 Å². The monoisotopic (exact) mass is 183 g/mol. The minimum Gasteiger partial charge on any atom is -0.506 e. The number of thiophene rings is 1. The second-order valence-corrected chi connectivity index (χ2v) is 3.84. The second kappa shape index (κ2) is 2.42. The fourth-order valence-electron chi connectivity index (χ4n) is 1.27. The van der Waals surface area contributed by atoms with Crippen LogP contribution in [0.25, 0.3) is 5.76 Å². The summed E-state index contributed by atoms with van der Waals surface area (Å²) in [4.78, 5) is 0.979. The van der Waals surface area contributed by atoms with Gasteiger partial charge in [-0.05, 0) is 6.92 Å². The minimum atomic E-state index is 0.168. The Labute approximate surface area is 74.0 Å². The number of rotatable bonds is 0. The Hall–Kier alpha value is -1.16. The number of nitrogens with one attached hydrogen (secondary N) is 1. The normalized spacial score (nSPS) is 21.1. The second-order valence-electron chi connectivity index (χ2n) is 2.78. The molecular weight excluding hydrogens is 174 g/mol. The van der Waals surface area contributed by atoms with Crippen molar-refractivity contribution in [2.45, 2.75) is 13.0 Å². The van der Waals surface area contributed by atoms with Crippen LogP contribution in [0.5, 0.6) is 5.06 Å². The van der Waals surface area contributed by atoms with E-state index >= 15 is 0 Å². The Bertz CT molecular complexity index is 343. The molecule has 0 amide bonds. The zero-order chi connectivity index (χ0) is 8.72. The van der Waals surface area contributed by atoms with Gasteiger partial charge in [0, 0.05) is 22.7 Å². The molecule has 2 rings (SSSR count). The Morgan fingerprint density at radius 3 is 2.92 bits per heavy atom. The van der Waals surface area contributed by atoms with Crippen molar-refractivity contribution in [1.29, 1.82) is 0 Å². The van der Waals surface area contributed by atoms with Crippen LogP contribution < -0.4 is 5.32 Å². The Morgan fingerprint density at radius 2 is 2.25 bits per heavy atom. The van der Waals surface area contributed by atoms with Crippen LogP contribution in [0.2, 0.25) is 0 Å². The summed E-state index contributed by atoms with van der Waals surface area (Å²) in [5.41, 5.74) is 0.740. The SMILES string of the molecule is CC1NC=C(O)c2cc(O)sc21. The molecule has 0 radical (unpaired) electrons. The number of aliphatic hydroxyl groups is 1. The molecule has 1 aliphatic rings. The summed E-state index contributed by atoms with van der Waals surface area (Å²) in [5.74, 6) is 0.194. The lowest BCUT2D eigenvalue weighted by atomic mass is 10.1. The van der Waals surface area contributed by atoms with Crippen molar-refractivity contribution in [1.82, 2.24) is 5.32 Å². The molecule has 0 saturated heterocycles. The molecule has 0 aromatic carbocycles. The van der Waals surface area contributed by atoms with Crippen molar-refractivity contribution < 1.29 is 10.2 Å². The van der Waals surface area contributed by atoms with Crippen LogP contribution in [0.4, 0.5) is 0 Å². The molecule has 12 heavy (non-hydrogen) atoms. The lowest BCUT2D eigenvalue weighted by Crippen LogP contribution is -2.16. The van der Waals surface area contributed by atoms with Crippen LogP contribution in [0.3, 0.4) is 0 Å². The topological polar surface area (TPSA) is 52.5 Å². The van der Waals surface area contributed by atoms with Crippen LogP contribution in [0.1, 0.15) is 23.4 Å². The molecule has 1 aromatic rings. The molecule has 1 unspecified atom stereocenters. The summed E-state index contributed by atoms with van der Waals surface area (Å²) in [6.07, 6.45) is 1.55. The van der Waals surface area contributed by atoms with E-state index in [0.29, 0.717) is 0 Å². The van der Waals surface area contributed by atoms with Gasteiger partial charge in [-0.3, -0.25) is 0 Å². The summed E-state index contributed by atoms with van der Waals surface area (Å²) in [6.45, 7) is 1.98. The fraction of sp³-hybridized carbons (Fsp3) is 0.250. The summed E-state index contributed by atoms with van der Waals surface area (Å²) in [5, 5.41) is 21.8. The van der Waals surface area contributed by atoms with Gasteiger partial charge >= 0.3 is 0 Å². The van der Waals surface area contributed by atoms with E-state index in [0.717, 1.165) is 10.4 Å². The molecule has 1 aromatic heterocycles.